The average molecular weight is 317 g/mol. The molecular weight excluding hydrogens is 306 g/mol. The molecule has 118 valence electrons. The largest absolute Gasteiger partial charge is 0.479 e. The van der Waals surface area contributed by atoms with Crippen molar-refractivity contribution in [2.45, 2.75) is 6.04 Å². The normalized spacial score (nSPS) is 11.5. The summed E-state index contributed by atoms with van der Waals surface area (Å²) in [6, 6.07) is 9.84. The molecule has 2 rings (SSSR count). The van der Waals surface area contributed by atoms with Gasteiger partial charge in [0.2, 0.25) is 0 Å². The summed E-state index contributed by atoms with van der Waals surface area (Å²) in [7, 11) is 0. The molecule has 0 aliphatic heterocycles. The van der Waals surface area contributed by atoms with Gasteiger partial charge in [0.1, 0.15) is 5.69 Å². The molecule has 0 aromatic heterocycles. The number of nitro benzene ring substituents is 2. The maximum atomic E-state index is 11.4. The fourth-order valence-corrected chi connectivity index (χ4v) is 2.00. The zero-order valence-electron chi connectivity index (χ0n) is 11.6. The van der Waals surface area contributed by atoms with Crippen LogP contribution >= 0.6 is 0 Å². The number of hydrogen-bond acceptors (Lipinski definition) is 6. The van der Waals surface area contributed by atoms with E-state index in [9.17, 15) is 30.1 Å². The van der Waals surface area contributed by atoms with Crippen LogP contribution in [-0.2, 0) is 4.79 Å². The zero-order valence-corrected chi connectivity index (χ0v) is 11.6. The Morgan fingerprint density at radius 3 is 2.22 bits per heavy atom. The number of rotatable bonds is 6. The molecule has 1 atom stereocenters. The number of nitrogens with one attached hydrogen (secondary N) is 1. The molecule has 2 aromatic rings. The van der Waals surface area contributed by atoms with E-state index in [-0.39, 0.29) is 5.69 Å². The Hall–Kier alpha value is -3.49. The molecule has 0 spiro atoms. The number of non-ortho nitro benzene ring substituents is 1. The van der Waals surface area contributed by atoms with E-state index >= 15 is 0 Å². The molecule has 0 heterocycles. The summed E-state index contributed by atoms with van der Waals surface area (Å²) in [4.78, 5) is 31.6. The first kappa shape index (κ1) is 15.9. The molecule has 0 unspecified atom stereocenters. The van der Waals surface area contributed by atoms with Gasteiger partial charge < -0.3 is 10.4 Å². The van der Waals surface area contributed by atoms with Gasteiger partial charge in [0.15, 0.2) is 6.04 Å². The van der Waals surface area contributed by atoms with Gasteiger partial charge in [0, 0.05) is 6.07 Å². The first-order valence-corrected chi connectivity index (χ1v) is 6.37. The minimum atomic E-state index is -1.23. The molecule has 9 nitrogen and oxygen atoms in total. The van der Waals surface area contributed by atoms with Gasteiger partial charge in [-0.2, -0.15) is 0 Å². The van der Waals surface area contributed by atoms with Gasteiger partial charge >= 0.3 is 5.97 Å². The lowest BCUT2D eigenvalue weighted by Gasteiger charge is -2.16. The number of nitrogens with zero attached hydrogens (tertiary/aromatic N) is 2. The second-order valence-corrected chi connectivity index (χ2v) is 4.54. The minimum Gasteiger partial charge on any atom is -0.479 e. The van der Waals surface area contributed by atoms with Gasteiger partial charge in [-0.25, -0.2) is 4.79 Å². The van der Waals surface area contributed by atoms with E-state index in [0.29, 0.717) is 5.56 Å². The number of nitro groups is 2. The van der Waals surface area contributed by atoms with E-state index in [1.165, 1.54) is 0 Å². The van der Waals surface area contributed by atoms with E-state index in [4.69, 9.17) is 0 Å². The summed E-state index contributed by atoms with van der Waals surface area (Å²) < 4.78 is 0. The van der Waals surface area contributed by atoms with Crippen LogP contribution in [0.3, 0.4) is 0 Å². The highest BCUT2D eigenvalue weighted by Gasteiger charge is 2.25. The average Bonchev–Trinajstić information content (AvgIpc) is 2.52. The maximum Gasteiger partial charge on any atom is 0.330 e. The van der Waals surface area contributed by atoms with Crippen LogP contribution in [0.1, 0.15) is 11.6 Å². The van der Waals surface area contributed by atoms with Crippen molar-refractivity contribution in [3.05, 3.63) is 74.3 Å². The highest BCUT2D eigenvalue weighted by molar-refractivity contribution is 5.81. The van der Waals surface area contributed by atoms with Crippen LogP contribution in [0.4, 0.5) is 17.1 Å². The molecule has 0 fully saturated rings. The summed E-state index contributed by atoms with van der Waals surface area (Å²) in [6.45, 7) is 0. The van der Waals surface area contributed by atoms with E-state index in [1.54, 1.807) is 30.3 Å². The summed E-state index contributed by atoms with van der Waals surface area (Å²) in [6.07, 6.45) is 0. The second-order valence-electron chi connectivity index (χ2n) is 4.54. The van der Waals surface area contributed by atoms with E-state index < -0.39 is 33.2 Å². The van der Waals surface area contributed by atoms with Gasteiger partial charge in [-0.15, -0.1) is 0 Å². The lowest BCUT2D eigenvalue weighted by atomic mass is 10.1. The molecule has 2 N–H and O–H groups in total. The molecule has 0 aliphatic carbocycles. The fourth-order valence-electron chi connectivity index (χ4n) is 2.00. The van der Waals surface area contributed by atoms with Crippen molar-refractivity contribution in [3.8, 4) is 0 Å². The Balaban J connectivity index is 2.42. The van der Waals surface area contributed by atoms with Crippen molar-refractivity contribution in [2.24, 2.45) is 0 Å². The Bertz CT molecular complexity index is 762. The molecule has 0 bridgehead atoms. The summed E-state index contributed by atoms with van der Waals surface area (Å²) >= 11 is 0. The molecule has 0 saturated carbocycles. The van der Waals surface area contributed by atoms with Gasteiger partial charge in [-0.05, 0) is 11.6 Å². The lowest BCUT2D eigenvalue weighted by Crippen LogP contribution is -2.21. The second kappa shape index (κ2) is 6.52. The van der Waals surface area contributed by atoms with E-state index in [2.05, 4.69) is 5.32 Å². The molecule has 9 heteroatoms. The van der Waals surface area contributed by atoms with Crippen LogP contribution in [0.2, 0.25) is 0 Å². The number of anilines is 1. The number of aliphatic carboxylic acids is 1. The van der Waals surface area contributed by atoms with Crippen LogP contribution in [0, 0.1) is 20.2 Å². The van der Waals surface area contributed by atoms with Crippen molar-refractivity contribution >= 4 is 23.0 Å². The first-order valence-electron chi connectivity index (χ1n) is 6.37. The molecular formula is C14H11N3O6. The highest BCUT2D eigenvalue weighted by Crippen LogP contribution is 2.31. The van der Waals surface area contributed by atoms with Crippen LogP contribution in [0.15, 0.2) is 48.5 Å². The third kappa shape index (κ3) is 3.59. The number of carboxylic acid groups (broad SMARTS) is 1. The molecule has 23 heavy (non-hydrogen) atoms. The number of carboxylic acids is 1. The van der Waals surface area contributed by atoms with Crippen LogP contribution < -0.4 is 5.32 Å². The Morgan fingerprint density at radius 2 is 1.70 bits per heavy atom. The van der Waals surface area contributed by atoms with E-state index in [1.807, 2.05) is 0 Å². The monoisotopic (exact) mass is 317 g/mol. The molecule has 0 amide bonds. The molecule has 0 radical (unpaired) electrons. The van der Waals surface area contributed by atoms with Crippen molar-refractivity contribution in [2.75, 3.05) is 5.32 Å². The van der Waals surface area contributed by atoms with Gasteiger partial charge in [0.05, 0.1) is 15.9 Å². The topological polar surface area (TPSA) is 136 Å². The third-order valence-electron chi connectivity index (χ3n) is 3.07. The van der Waals surface area contributed by atoms with Crippen LogP contribution in [-0.4, -0.2) is 20.9 Å². The number of carbonyl (C=O) groups is 1. The Morgan fingerprint density at radius 1 is 1.04 bits per heavy atom. The predicted molar refractivity (Wildman–Crippen MR) is 80.2 cm³/mol. The maximum absolute atomic E-state index is 11.4. The number of benzene rings is 2. The van der Waals surface area contributed by atoms with Gasteiger partial charge in [0.25, 0.3) is 11.4 Å². The fraction of sp³-hybridized carbons (Fsp3) is 0.0714. The summed E-state index contributed by atoms with van der Waals surface area (Å²) in [5.74, 6) is -1.23. The standard InChI is InChI=1S/C14H11N3O6/c18-14(19)13(9-4-2-1-3-5-9)15-11-7-6-10(16(20)21)8-12(11)17(22)23/h1-8,13,15H,(H,18,19)/t13-/m0/s1. The van der Waals surface area contributed by atoms with Gasteiger partial charge in [-0.3, -0.25) is 20.2 Å². The lowest BCUT2D eigenvalue weighted by molar-refractivity contribution is -0.393. The van der Waals surface area contributed by atoms with Crippen molar-refractivity contribution < 1.29 is 19.7 Å². The Labute approximate surface area is 129 Å². The predicted octanol–water partition coefficient (Wildman–Crippen LogP) is 2.74. The van der Waals surface area contributed by atoms with Crippen molar-refractivity contribution in [1.82, 2.24) is 0 Å². The SMILES string of the molecule is O=C(O)[C@@H](Nc1ccc([N+](=O)[O-])cc1[N+](=O)[O-])c1ccccc1. The smallest absolute Gasteiger partial charge is 0.330 e. The van der Waals surface area contributed by atoms with Crippen LogP contribution in [0.5, 0.6) is 0 Å². The van der Waals surface area contributed by atoms with E-state index in [0.717, 1.165) is 18.2 Å². The Kier molecular flexibility index (Phi) is 4.50. The van der Waals surface area contributed by atoms with Gasteiger partial charge in [-0.1, -0.05) is 30.3 Å². The number of hydrogen-bond donors (Lipinski definition) is 2. The van der Waals surface area contributed by atoms with Crippen LogP contribution in [0.25, 0.3) is 0 Å². The third-order valence-corrected chi connectivity index (χ3v) is 3.07. The molecule has 0 saturated heterocycles. The van der Waals surface area contributed by atoms with Crippen molar-refractivity contribution in [3.63, 3.8) is 0 Å². The zero-order chi connectivity index (χ0) is 17.0. The molecule has 2 aromatic carbocycles. The highest BCUT2D eigenvalue weighted by atomic mass is 16.6. The quantitative estimate of drug-likeness (QED) is 0.617. The van der Waals surface area contributed by atoms with Crippen molar-refractivity contribution in [1.29, 1.82) is 0 Å². The first-order chi connectivity index (χ1) is 10.9. The molecule has 0 aliphatic rings. The minimum absolute atomic E-state index is 0.114. The summed E-state index contributed by atoms with van der Waals surface area (Å²) in [5.41, 5.74) is -0.736. The summed E-state index contributed by atoms with van der Waals surface area (Å²) in [5, 5.41) is 33.7.